The monoisotopic (exact) mass is 1130 g/mol. The van der Waals surface area contributed by atoms with Crippen molar-refractivity contribution in [2.45, 2.75) is 125 Å². The van der Waals surface area contributed by atoms with Gasteiger partial charge in [-0.3, -0.25) is 28.7 Å². The second kappa shape index (κ2) is 28.4. The van der Waals surface area contributed by atoms with Crippen molar-refractivity contribution in [3.05, 3.63) is 237 Å². The first kappa shape index (κ1) is 61.1. The molecule has 0 N–H and O–H groups in total. The predicted octanol–water partition coefficient (Wildman–Crippen LogP) is 16.5. The van der Waals surface area contributed by atoms with Crippen LogP contribution in [0.2, 0.25) is 0 Å². The molecular weight excluding hydrogens is 1050 g/mol. The van der Waals surface area contributed by atoms with Crippen LogP contribution in [0, 0.1) is 29.6 Å². The molecule has 2 aromatic heterocycles. The first-order chi connectivity index (χ1) is 41.2. The fraction of sp³-hybridized carbons (Fsp3) is 0.333. The molecule has 0 bridgehead atoms. The zero-order valence-electron chi connectivity index (χ0n) is 50.5. The predicted molar refractivity (Wildman–Crippen MR) is 339 cm³/mol. The van der Waals surface area contributed by atoms with Crippen LogP contribution in [0.3, 0.4) is 0 Å². The summed E-state index contributed by atoms with van der Waals surface area (Å²) in [5.41, 5.74) is 17.8. The Morgan fingerprint density at radius 3 is 1.58 bits per heavy atom. The zero-order valence-corrected chi connectivity index (χ0v) is 50.5. The molecule has 0 saturated carbocycles. The van der Waals surface area contributed by atoms with Gasteiger partial charge in [0.2, 0.25) is 5.89 Å². The zero-order chi connectivity index (χ0) is 60.1. The molecule has 5 aliphatic carbocycles. The van der Waals surface area contributed by atoms with Crippen LogP contribution in [0.25, 0.3) is 28.8 Å². The van der Waals surface area contributed by atoms with E-state index in [1.165, 1.54) is 52.5 Å². The van der Waals surface area contributed by atoms with Crippen molar-refractivity contribution < 1.29 is 28.4 Å². The van der Waals surface area contributed by atoms with Crippen LogP contribution in [0.5, 0.6) is 0 Å². The summed E-state index contributed by atoms with van der Waals surface area (Å²) >= 11 is 0. The highest BCUT2D eigenvalue weighted by Crippen LogP contribution is 2.37. The SMILES string of the molecule is C=CCCCCc1cccc2c1C(=O)C(C)C2.CC1Cc2cccc(-c3cn(C)nn3)c2C1=O.CC1Cc2cccc(-c3ncco3)c2C1=O.CC1Cc2cccc(Cc3ccccc3)c2C1=O.CCCCC=Cc1cccc2c1C(=O)C(C)C2. The molecule has 10 nitrogen and oxygen atoms in total. The minimum atomic E-state index is 0.0751. The van der Waals surface area contributed by atoms with Gasteiger partial charge >= 0.3 is 0 Å². The molecular formula is C75H80N4O6. The summed E-state index contributed by atoms with van der Waals surface area (Å²) < 4.78 is 6.92. The molecule has 5 aliphatic rings. The number of hydrogen-bond acceptors (Lipinski definition) is 9. The summed E-state index contributed by atoms with van der Waals surface area (Å²) in [5.74, 6) is 2.58. The lowest BCUT2D eigenvalue weighted by Gasteiger charge is -2.07. The number of aryl methyl sites for hydroxylation is 2. The van der Waals surface area contributed by atoms with Crippen LogP contribution < -0.4 is 0 Å². The van der Waals surface area contributed by atoms with Gasteiger partial charge in [-0.2, -0.15) is 0 Å². The van der Waals surface area contributed by atoms with Crippen LogP contribution in [-0.2, 0) is 52.0 Å². The molecule has 0 fully saturated rings. The van der Waals surface area contributed by atoms with Crippen molar-refractivity contribution in [1.82, 2.24) is 20.0 Å². The number of unbranched alkanes of at least 4 members (excludes halogenated alkanes) is 4. The smallest absolute Gasteiger partial charge is 0.226 e. The number of hydrogen-bond donors (Lipinski definition) is 0. The van der Waals surface area contributed by atoms with Crippen molar-refractivity contribution in [2.24, 2.45) is 36.6 Å². The summed E-state index contributed by atoms with van der Waals surface area (Å²) in [7, 11) is 1.82. The number of carbonyl (C=O) groups is 5. The van der Waals surface area contributed by atoms with Gasteiger partial charge in [-0.05, 0) is 127 Å². The lowest BCUT2D eigenvalue weighted by molar-refractivity contribution is 0.0938. The fourth-order valence-corrected chi connectivity index (χ4v) is 12.5. The summed E-state index contributed by atoms with van der Waals surface area (Å²) in [6, 6.07) is 40.9. The Bertz CT molecular complexity index is 3740. The molecule has 0 amide bonds. The van der Waals surface area contributed by atoms with Crippen molar-refractivity contribution in [1.29, 1.82) is 0 Å². The summed E-state index contributed by atoms with van der Waals surface area (Å²) in [6.45, 7) is 15.9. The Morgan fingerprint density at radius 1 is 0.541 bits per heavy atom. The average molecular weight is 1130 g/mol. The van der Waals surface area contributed by atoms with E-state index in [-0.39, 0.29) is 41.2 Å². The molecule has 13 rings (SSSR count). The third kappa shape index (κ3) is 14.2. The number of fused-ring (bicyclic) bond motifs is 5. The number of oxazole rings is 1. The molecule has 2 heterocycles. The lowest BCUT2D eigenvalue weighted by Crippen LogP contribution is -2.06. The molecule has 0 saturated heterocycles. The summed E-state index contributed by atoms with van der Waals surface area (Å²) in [4.78, 5) is 64.7. The van der Waals surface area contributed by atoms with E-state index < -0.39 is 0 Å². The van der Waals surface area contributed by atoms with Gasteiger partial charge in [0.25, 0.3) is 0 Å². The third-order valence-electron chi connectivity index (χ3n) is 17.0. The van der Waals surface area contributed by atoms with Crippen LogP contribution in [0.4, 0.5) is 0 Å². The Kier molecular flexibility index (Phi) is 20.4. The van der Waals surface area contributed by atoms with Crippen molar-refractivity contribution in [3.8, 4) is 22.7 Å². The number of nitrogens with zero attached hydrogens (tertiary/aromatic N) is 4. The Labute approximate surface area is 501 Å². The second-order valence-electron chi connectivity index (χ2n) is 23.7. The Hall–Kier alpha value is -8.50. The van der Waals surface area contributed by atoms with E-state index in [9.17, 15) is 24.0 Å². The van der Waals surface area contributed by atoms with Crippen molar-refractivity contribution in [2.75, 3.05) is 0 Å². The van der Waals surface area contributed by atoms with Crippen LogP contribution in [0.1, 0.15) is 182 Å². The quantitative estimate of drug-likeness (QED) is 0.0814. The van der Waals surface area contributed by atoms with Gasteiger partial charge in [-0.15, -0.1) is 11.7 Å². The molecule has 10 heteroatoms. The van der Waals surface area contributed by atoms with E-state index in [2.05, 4.69) is 108 Å². The number of ketones is 5. The number of benzene rings is 6. The first-order valence-electron chi connectivity index (χ1n) is 30.5. The molecule has 0 radical (unpaired) electrons. The highest BCUT2D eigenvalue weighted by molar-refractivity contribution is 6.08. The molecule has 8 aromatic rings. The summed E-state index contributed by atoms with van der Waals surface area (Å²) in [6.07, 6.45) is 24.4. The average Bonchev–Trinajstić information content (AvgIpc) is 2.87. The topological polar surface area (TPSA) is 142 Å². The third-order valence-corrected chi connectivity index (χ3v) is 17.0. The van der Waals surface area contributed by atoms with Gasteiger partial charge in [0, 0.05) is 75.6 Å². The number of rotatable bonds is 13. The Balaban J connectivity index is 0.000000127. The van der Waals surface area contributed by atoms with Crippen LogP contribution in [-0.4, -0.2) is 48.9 Å². The fourth-order valence-electron chi connectivity index (χ4n) is 12.5. The number of aromatic nitrogens is 4. The van der Waals surface area contributed by atoms with E-state index in [1.54, 1.807) is 10.9 Å². The van der Waals surface area contributed by atoms with E-state index in [1.807, 2.05) is 109 Å². The van der Waals surface area contributed by atoms with Gasteiger partial charge in [0.15, 0.2) is 28.9 Å². The standard InChI is InChI=1S/C17H16O.2C16H20O.C13H13N3O.C13H11NO2/c1-12-10-14-8-5-9-15(16(14)17(12)18)11-13-6-3-2-4-7-13;2*1-3-4-5-6-8-13-9-7-10-14-11-12(2)16(17)15(13)14;1-8-6-9-4-3-5-10(12(9)13(8)17)11-7-16(2)15-14-11;1-8-7-9-3-2-4-10(11(9)12(8)15)13-14-5-6-16-13/h2-9,12H,10-11H2,1H3;6-10,12H,3-5,11H2,1-2H3;3,7,9-10,12H,1,4-6,8,11H2,2H3;3-5,7-8H,6H2,1-2H3;2-6,8H,7H2,1H3. The minimum Gasteiger partial charge on any atom is -0.445 e. The molecule has 436 valence electrons. The van der Waals surface area contributed by atoms with Gasteiger partial charge < -0.3 is 4.42 Å². The highest BCUT2D eigenvalue weighted by Gasteiger charge is 2.33. The van der Waals surface area contributed by atoms with Gasteiger partial charge in [0.05, 0.1) is 12.4 Å². The van der Waals surface area contributed by atoms with Crippen LogP contribution >= 0.6 is 0 Å². The first-order valence-corrected chi connectivity index (χ1v) is 30.5. The minimum absolute atomic E-state index is 0.0751. The Morgan fingerprint density at radius 2 is 1.04 bits per heavy atom. The van der Waals surface area contributed by atoms with Gasteiger partial charge in [0.1, 0.15) is 12.0 Å². The van der Waals surface area contributed by atoms with E-state index in [0.717, 1.165) is 132 Å². The maximum Gasteiger partial charge on any atom is 0.226 e. The van der Waals surface area contributed by atoms with Gasteiger partial charge in [-0.1, -0.05) is 193 Å². The molecule has 85 heavy (non-hydrogen) atoms. The normalized spacial score (nSPS) is 18.4. The number of allylic oxidation sites excluding steroid dienone is 2. The van der Waals surface area contributed by atoms with Crippen molar-refractivity contribution >= 4 is 35.0 Å². The van der Waals surface area contributed by atoms with E-state index >= 15 is 0 Å². The second-order valence-corrected chi connectivity index (χ2v) is 23.7. The molecule has 0 aliphatic heterocycles. The van der Waals surface area contributed by atoms with E-state index in [0.29, 0.717) is 23.2 Å². The summed E-state index contributed by atoms with van der Waals surface area (Å²) in [5, 5.41) is 8.00. The lowest BCUT2D eigenvalue weighted by atomic mass is 9.96. The molecule has 5 atom stereocenters. The number of carbonyl (C=O) groups excluding carboxylic acids is 5. The maximum atomic E-state index is 12.2. The number of Topliss-reactive ketones (excluding diaryl/α,β-unsaturated/α-hetero) is 5. The highest BCUT2D eigenvalue weighted by atomic mass is 16.3. The van der Waals surface area contributed by atoms with Crippen molar-refractivity contribution in [3.63, 3.8) is 0 Å². The molecule has 5 unspecified atom stereocenters. The van der Waals surface area contributed by atoms with Crippen LogP contribution in [0.15, 0.2) is 163 Å². The maximum absolute atomic E-state index is 12.2. The molecule has 6 aromatic carbocycles. The van der Waals surface area contributed by atoms with E-state index in [4.69, 9.17) is 4.42 Å². The largest absolute Gasteiger partial charge is 0.445 e. The van der Waals surface area contributed by atoms with Gasteiger partial charge in [-0.25, -0.2) is 4.98 Å². The molecule has 0 spiro atoms.